The number of nitrogens with one attached hydrogen (secondary N) is 1. The van der Waals surface area contributed by atoms with Crippen molar-refractivity contribution in [2.75, 3.05) is 53.1 Å². The van der Waals surface area contributed by atoms with Gasteiger partial charge in [-0.25, -0.2) is 5.11 Å². The number of nitrogens with zero attached hydrogens (tertiary/aromatic N) is 1. The highest BCUT2D eigenvalue weighted by Crippen LogP contribution is 1.82. The molecule has 95 valence electrons. The summed E-state index contributed by atoms with van der Waals surface area (Å²) in [6.45, 7) is 2.09. The van der Waals surface area contributed by atoms with E-state index in [1.54, 1.807) is 0 Å². The zero-order chi connectivity index (χ0) is 12.2. The van der Waals surface area contributed by atoms with Gasteiger partial charge < -0.3 is 20.1 Å². The Balaban J connectivity index is 3.29. The SMILES string of the molecule is CN(CCO)CCNC(=O)COCCC[O]. The Morgan fingerprint density at radius 2 is 2.19 bits per heavy atom. The summed E-state index contributed by atoms with van der Waals surface area (Å²) in [6.07, 6.45) is 0.437. The standard InChI is InChI=1S/C10H21N2O4/c1-12(5-7-14)4-3-11-10(15)9-16-8-2-6-13/h14H,2-9H2,1H3,(H,11,15). The minimum absolute atomic E-state index is 0.00368. The molecule has 0 aromatic rings. The van der Waals surface area contributed by atoms with Gasteiger partial charge in [0.25, 0.3) is 0 Å². The first kappa shape index (κ1) is 15.3. The third-order valence-corrected chi connectivity index (χ3v) is 1.96. The lowest BCUT2D eigenvalue weighted by atomic mass is 10.5. The number of carbonyl (C=O) groups excluding carboxylic acids is 1. The van der Waals surface area contributed by atoms with E-state index in [1.165, 1.54) is 0 Å². The Morgan fingerprint density at radius 3 is 2.81 bits per heavy atom. The molecule has 0 aromatic carbocycles. The summed E-state index contributed by atoms with van der Waals surface area (Å²) in [5.41, 5.74) is 0. The molecule has 0 heterocycles. The molecule has 0 saturated heterocycles. The molecular formula is C10H21N2O4. The summed E-state index contributed by atoms with van der Waals surface area (Å²) in [5.74, 6) is -0.178. The lowest BCUT2D eigenvalue weighted by Crippen LogP contribution is -2.35. The monoisotopic (exact) mass is 233 g/mol. The second-order valence-corrected chi connectivity index (χ2v) is 3.49. The molecule has 0 aliphatic rings. The molecule has 0 fully saturated rings. The van der Waals surface area contributed by atoms with E-state index < -0.39 is 0 Å². The molecule has 0 atom stereocenters. The van der Waals surface area contributed by atoms with Crippen LogP contribution in [-0.4, -0.2) is 69.0 Å². The van der Waals surface area contributed by atoms with Crippen molar-refractivity contribution < 1.29 is 19.7 Å². The summed E-state index contributed by atoms with van der Waals surface area (Å²) in [7, 11) is 1.87. The molecule has 0 aliphatic carbocycles. The first-order valence-electron chi connectivity index (χ1n) is 5.42. The average Bonchev–Trinajstić information content (AvgIpc) is 2.25. The topological polar surface area (TPSA) is 81.7 Å². The van der Waals surface area contributed by atoms with Crippen LogP contribution in [0.4, 0.5) is 0 Å². The fourth-order valence-corrected chi connectivity index (χ4v) is 1.05. The molecule has 1 radical (unpaired) electrons. The van der Waals surface area contributed by atoms with Gasteiger partial charge in [-0.2, -0.15) is 0 Å². The van der Waals surface area contributed by atoms with Crippen LogP contribution >= 0.6 is 0 Å². The minimum atomic E-state index is -0.178. The van der Waals surface area contributed by atoms with Crippen molar-refractivity contribution in [2.45, 2.75) is 6.42 Å². The van der Waals surface area contributed by atoms with Gasteiger partial charge in [-0.1, -0.05) is 0 Å². The van der Waals surface area contributed by atoms with Crippen LogP contribution in [0.5, 0.6) is 0 Å². The van der Waals surface area contributed by atoms with E-state index in [9.17, 15) is 9.90 Å². The largest absolute Gasteiger partial charge is 0.395 e. The van der Waals surface area contributed by atoms with Crippen molar-refractivity contribution in [1.82, 2.24) is 10.2 Å². The second-order valence-electron chi connectivity index (χ2n) is 3.49. The molecule has 1 amide bonds. The molecule has 0 aliphatic heterocycles. The highest BCUT2D eigenvalue weighted by molar-refractivity contribution is 5.77. The van der Waals surface area contributed by atoms with Gasteiger partial charge in [-0.15, -0.1) is 0 Å². The third-order valence-electron chi connectivity index (χ3n) is 1.96. The van der Waals surface area contributed by atoms with E-state index in [0.717, 1.165) is 0 Å². The molecule has 6 nitrogen and oxygen atoms in total. The number of aliphatic hydroxyl groups is 1. The van der Waals surface area contributed by atoms with Gasteiger partial charge in [0, 0.05) is 26.2 Å². The molecular weight excluding hydrogens is 212 g/mol. The average molecular weight is 233 g/mol. The maximum atomic E-state index is 11.2. The number of rotatable bonds is 10. The van der Waals surface area contributed by atoms with Crippen LogP contribution in [0.2, 0.25) is 0 Å². The van der Waals surface area contributed by atoms with Crippen LogP contribution < -0.4 is 5.32 Å². The van der Waals surface area contributed by atoms with Crippen molar-refractivity contribution in [3.63, 3.8) is 0 Å². The first-order chi connectivity index (χ1) is 7.70. The van der Waals surface area contributed by atoms with E-state index >= 15 is 0 Å². The number of ether oxygens (including phenoxy) is 1. The van der Waals surface area contributed by atoms with Gasteiger partial charge >= 0.3 is 0 Å². The zero-order valence-corrected chi connectivity index (χ0v) is 9.78. The molecule has 0 bridgehead atoms. The predicted octanol–water partition coefficient (Wildman–Crippen LogP) is -1.14. The Morgan fingerprint density at radius 1 is 1.44 bits per heavy atom. The van der Waals surface area contributed by atoms with Crippen molar-refractivity contribution in [3.05, 3.63) is 0 Å². The van der Waals surface area contributed by atoms with Gasteiger partial charge in [0.05, 0.1) is 13.2 Å². The second kappa shape index (κ2) is 10.8. The van der Waals surface area contributed by atoms with Gasteiger partial charge in [0.2, 0.25) is 5.91 Å². The Kier molecular flexibility index (Phi) is 10.3. The van der Waals surface area contributed by atoms with Gasteiger partial charge in [-0.05, 0) is 13.5 Å². The molecule has 0 aromatic heterocycles. The summed E-state index contributed by atoms with van der Waals surface area (Å²) in [5, 5.41) is 21.4. The van der Waals surface area contributed by atoms with Crippen LogP contribution in [0.3, 0.4) is 0 Å². The minimum Gasteiger partial charge on any atom is -0.395 e. The Labute approximate surface area is 96.2 Å². The lowest BCUT2D eigenvalue weighted by molar-refractivity contribution is -0.125. The molecule has 2 N–H and O–H groups in total. The Bertz CT molecular complexity index is 178. The number of hydrogen-bond donors (Lipinski definition) is 2. The first-order valence-corrected chi connectivity index (χ1v) is 5.42. The van der Waals surface area contributed by atoms with Crippen molar-refractivity contribution in [3.8, 4) is 0 Å². The number of aliphatic hydroxyl groups excluding tert-OH is 1. The quantitative estimate of drug-likeness (QED) is 0.467. The molecule has 0 spiro atoms. The lowest BCUT2D eigenvalue weighted by Gasteiger charge is -2.15. The van der Waals surface area contributed by atoms with E-state index in [2.05, 4.69) is 5.32 Å². The van der Waals surface area contributed by atoms with E-state index in [-0.39, 0.29) is 25.7 Å². The number of amides is 1. The molecule has 0 unspecified atom stereocenters. The number of carbonyl (C=O) groups is 1. The molecule has 16 heavy (non-hydrogen) atoms. The van der Waals surface area contributed by atoms with Crippen LogP contribution in [0, 0.1) is 0 Å². The van der Waals surface area contributed by atoms with E-state index in [1.807, 2.05) is 11.9 Å². The van der Waals surface area contributed by atoms with Crippen LogP contribution in [-0.2, 0) is 14.6 Å². The maximum Gasteiger partial charge on any atom is 0.246 e. The van der Waals surface area contributed by atoms with Gasteiger partial charge in [0.1, 0.15) is 6.61 Å². The smallest absolute Gasteiger partial charge is 0.246 e. The van der Waals surface area contributed by atoms with Crippen LogP contribution in [0.15, 0.2) is 0 Å². The summed E-state index contributed by atoms with van der Waals surface area (Å²) in [6, 6.07) is 0. The van der Waals surface area contributed by atoms with Crippen LogP contribution in [0.1, 0.15) is 6.42 Å². The van der Waals surface area contributed by atoms with Crippen molar-refractivity contribution in [2.24, 2.45) is 0 Å². The van der Waals surface area contributed by atoms with Crippen LogP contribution in [0.25, 0.3) is 0 Å². The van der Waals surface area contributed by atoms with Crippen molar-refractivity contribution in [1.29, 1.82) is 0 Å². The van der Waals surface area contributed by atoms with Gasteiger partial charge in [0.15, 0.2) is 0 Å². The fraction of sp³-hybridized carbons (Fsp3) is 0.900. The normalized spacial score (nSPS) is 10.8. The maximum absolute atomic E-state index is 11.2. The highest BCUT2D eigenvalue weighted by atomic mass is 16.5. The molecule has 0 saturated carbocycles. The summed E-state index contributed by atoms with van der Waals surface area (Å²) in [4.78, 5) is 13.1. The van der Waals surface area contributed by atoms with E-state index in [0.29, 0.717) is 32.7 Å². The predicted molar refractivity (Wildman–Crippen MR) is 58.6 cm³/mol. The molecule has 0 rings (SSSR count). The third kappa shape index (κ3) is 9.85. The zero-order valence-electron chi connectivity index (χ0n) is 9.78. The number of hydrogen-bond acceptors (Lipinski definition) is 4. The Hall–Kier alpha value is -0.690. The van der Waals surface area contributed by atoms with Crippen molar-refractivity contribution >= 4 is 5.91 Å². The fourth-order valence-electron chi connectivity index (χ4n) is 1.05. The molecule has 6 heteroatoms. The van der Waals surface area contributed by atoms with E-state index in [4.69, 9.17) is 9.84 Å². The highest BCUT2D eigenvalue weighted by Gasteiger charge is 2.01. The summed E-state index contributed by atoms with van der Waals surface area (Å²) >= 11 is 0. The van der Waals surface area contributed by atoms with Gasteiger partial charge in [-0.3, -0.25) is 4.79 Å². The summed E-state index contributed by atoms with van der Waals surface area (Å²) < 4.78 is 4.98. The number of likely N-dealkylation sites (N-methyl/N-ethyl adjacent to an activating group) is 1.